The van der Waals surface area contributed by atoms with E-state index >= 15 is 0 Å². The molecule has 1 aromatic heterocycles. The molecule has 0 spiro atoms. The van der Waals surface area contributed by atoms with Crippen LogP contribution in [0.4, 0.5) is 11.8 Å². The lowest BCUT2D eigenvalue weighted by Gasteiger charge is -2.09. The third-order valence-electron chi connectivity index (χ3n) is 3.16. The lowest BCUT2D eigenvalue weighted by atomic mass is 10.1. The van der Waals surface area contributed by atoms with Crippen LogP contribution >= 0.6 is 0 Å². The highest BCUT2D eigenvalue weighted by Gasteiger charge is 2.01. The monoisotopic (exact) mass is 285 g/mol. The summed E-state index contributed by atoms with van der Waals surface area (Å²) in [7, 11) is 0. The van der Waals surface area contributed by atoms with Crippen molar-refractivity contribution in [2.45, 2.75) is 33.7 Å². The first kappa shape index (κ1) is 15.2. The predicted molar refractivity (Wildman–Crippen MR) is 86.3 cm³/mol. The van der Waals surface area contributed by atoms with Gasteiger partial charge in [-0.1, -0.05) is 43.7 Å². The van der Waals surface area contributed by atoms with Crippen molar-refractivity contribution in [2.75, 3.05) is 17.2 Å². The lowest BCUT2D eigenvalue weighted by molar-refractivity contribution is 0.606. The second-order valence-electron chi connectivity index (χ2n) is 5.61. The van der Waals surface area contributed by atoms with Crippen molar-refractivity contribution in [2.24, 2.45) is 5.92 Å². The van der Waals surface area contributed by atoms with Gasteiger partial charge in [0, 0.05) is 13.1 Å². The smallest absolute Gasteiger partial charge is 0.244 e. The molecule has 5 nitrogen and oxygen atoms in total. The van der Waals surface area contributed by atoms with Gasteiger partial charge in [0.1, 0.15) is 5.82 Å². The molecule has 0 aliphatic rings. The summed E-state index contributed by atoms with van der Waals surface area (Å²) in [6.07, 6.45) is 2.76. The summed E-state index contributed by atoms with van der Waals surface area (Å²) in [5, 5.41) is 14.4. The number of benzene rings is 1. The molecule has 0 bridgehead atoms. The number of rotatable bonds is 7. The average molecular weight is 285 g/mol. The quantitative estimate of drug-likeness (QED) is 0.817. The Balaban J connectivity index is 1.87. The molecule has 1 aromatic carbocycles. The summed E-state index contributed by atoms with van der Waals surface area (Å²) < 4.78 is 0. The molecule has 0 radical (unpaired) electrons. The third-order valence-corrected chi connectivity index (χ3v) is 3.16. The van der Waals surface area contributed by atoms with E-state index in [4.69, 9.17) is 0 Å². The first-order valence-corrected chi connectivity index (χ1v) is 7.36. The van der Waals surface area contributed by atoms with Gasteiger partial charge in [-0.25, -0.2) is 0 Å². The molecule has 0 saturated carbocycles. The Bertz CT molecular complexity index is 551. The minimum Gasteiger partial charge on any atom is -0.369 e. The molecule has 5 heteroatoms. The number of nitrogens with zero attached hydrogens (tertiary/aromatic N) is 3. The van der Waals surface area contributed by atoms with Gasteiger partial charge in [0.2, 0.25) is 5.95 Å². The average Bonchev–Trinajstić information content (AvgIpc) is 2.47. The highest BCUT2D eigenvalue weighted by molar-refractivity contribution is 5.37. The van der Waals surface area contributed by atoms with E-state index in [0.29, 0.717) is 18.4 Å². The first-order chi connectivity index (χ1) is 10.1. The predicted octanol–water partition coefficient (Wildman–Crippen LogP) is 3.25. The molecule has 112 valence electrons. The molecular weight excluding hydrogens is 262 g/mol. The molecule has 2 N–H and O–H groups in total. The summed E-state index contributed by atoms with van der Waals surface area (Å²) in [5.41, 5.74) is 2.45. The Labute approximate surface area is 126 Å². The van der Waals surface area contributed by atoms with E-state index < -0.39 is 0 Å². The van der Waals surface area contributed by atoms with Crippen molar-refractivity contribution < 1.29 is 0 Å². The maximum atomic E-state index is 4.41. The van der Waals surface area contributed by atoms with Gasteiger partial charge in [-0.3, -0.25) is 0 Å². The van der Waals surface area contributed by atoms with Gasteiger partial charge in [0.25, 0.3) is 0 Å². The molecule has 2 rings (SSSR count). The number of aromatic nitrogens is 3. The normalized spacial score (nSPS) is 10.7. The molecule has 0 amide bonds. The van der Waals surface area contributed by atoms with Gasteiger partial charge in [0.15, 0.2) is 0 Å². The topological polar surface area (TPSA) is 62.7 Å². The summed E-state index contributed by atoms with van der Waals surface area (Å²) in [5.74, 6) is 1.98. The molecule has 0 atom stereocenters. The van der Waals surface area contributed by atoms with Crippen molar-refractivity contribution in [3.8, 4) is 0 Å². The second-order valence-corrected chi connectivity index (χ2v) is 5.61. The minimum absolute atomic E-state index is 0.546. The molecule has 21 heavy (non-hydrogen) atoms. The number of nitrogens with one attached hydrogen (secondary N) is 2. The zero-order valence-corrected chi connectivity index (χ0v) is 12.9. The van der Waals surface area contributed by atoms with E-state index in [1.54, 1.807) is 6.20 Å². The van der Waals surface area contributed by atoms with Gasteiger partial charge in [0.05, 0.1) is 6.20 Å². The molecule has 0 aliphatic carbocycles. The van der Waals surface area contributed by atoms with Gasteiger partial charge in [-0.2, -0.15) is 10.1 Å². The Kier molecular flexibility index (Phi) is 5.49. The van der Waals surface area contributed by atoms with Crippen LogP contribution in [0.15, 0.2) is 30.5 Å². The highest BCUT2D eigenvalue weighted by Crippen LogP contribution is 2.08. The van der Waals surface area contributed by atoms with Gasteiger partial charge in [-0.15, -0.1) is 5.10 Å². The van der Waals surface area contributed by atoms with Crippen LogP contribution in [0.1, 0.15) is 31.4 Å². The van der Waals surface area contributed by atoms with Crippen LogP contribution in [0.5, 0.6) is 0 Å². The SMILES string of the molecule is Cc1ccc(CNc2nncc(NCCC(C)C)n2)cc1. The van der Waals surface area contributed by atoms with E-state index in [-0.39, 0.29) is 0 Å². The van der Waals surface area contributed by atoms with Crippen molar-refractivity contribution in [1.29, 1.82) is 0 Å². The van der Waals surface area contributed by atoms with E-state index in [1.807, 2.05) is 0 Å². The Morgan fingerprint density at radius 3 is 2.57 bits per heavy atom. The summed E-state index contributed by atoms with van der Waals surface area (Å²) in [6, 6.07) is 8.39. The van der Waals surface area contributed by atoms with Crippen molar-refractivity contribution in [1.82, 2.24) is 15.2 Å². The molecule has 1 heterocycles. The summed E-state index contributed by atoms with van der Waals surface area (Å²) in [4.78, 5) is 4.41. The maximum absolute atomic E-state index is 4.41. The van der Waals surface area contributed by atoms with Crippen LogP contribution in [-0.2, 0) is 6.54 Å². The van der Waals surface area contributed by atoms with Crippen LogP contribution < -0.4 is 10.6 Å². The Morgan fingerprint density at radius 1 is 1.10 bits per heavy atom. The fourth-order valence-electron chi connectivity index (χ4n) is 1.84. The summed E-state index contributed by atoms with van der Waals surface area (Å²) >= 11 is 0. The Morgan fingerprint density at radius 2 is 1.86 bits per heavy atom. The van der Waals surface area contributed by atoms with Gasteiger partial charge in [-0.05, 0) is 24.8 Å². The Hall–Kier alpha value is -2.17. The van der Waals surface area contributed by atoms with E-state index in [9.17, 15) is 0 Å². The van der Waals surface area contributed by atoms with Crippen LogP contribution in [0.2, 0.25) is 0 Å². The molecule has 0 unspecified atom stereocenters. The fourth-order valence-corrected chi connectivity index (χ4v) is 1.84. The summed E-state index contributed by atoms with van der Waals surface area (Å²) in [6.45, 7) is 8.07. The van der Waals surface area contributed by atoms with E-state index in [2.05, 4.69) is 70.9 Å². The molecule has 0 fully saturated rings. The second kappa shape index (κ2) is 7.57. The van der Waals surface area contributed by atoms with Crippen molar-refractivity contribution in [3.63, 3.8) is 0 Å². The number of anilines is 2. The zero-order chi connectivity index (χ0) is 15.1. The first-order valence-electron chi connectivity index (χ1n) is 7.36. The highest BCUT2D eigenvalue weighted by atomic mass is 15.3. The van der Waals surface area contributed by atoms with E-state index in [1.165, 1.54) is 11.1 Å². The lowest BCUT2D eigenvalue weighted by Crippen LogP contribution is -2.10. The maximum Gasteiger partial charge on any atom is 0.244 e. The van der Waals surface area contributed by atoms with Crippen molar-refractivity contribution in [3.05, 3.63) is 41.6 Å². The largest absolute Gasteiger partial charge is 0.369 e. The molecular formula is C16H23N5. The van der Waals surface area contributed by atoms with E-state index in [0.717, 1.165) is 18.8 Å². The number of hydrogen-bond donors (Lipinski definition) is 2. The number of aryl methyl sites for hydroxylation is 1. The van der Waals surface area contributed by atoms with Crippen LogP contribution in [0, 0.1) is 12.8 Å². The van der Waals surface area contributed by atoms with Crippen LogP contribution in [0.3, 0.4) is 0 Å². The van der Waals surface area contributed by atoms with Gasteiger partial charge >= 0.3 is 0 Å². The van der Waals surface area contributed by atoms with Crippen LogP contribution in [-0.4, -0.2) is 21.7 Å². The number of hydrogen-bond acceptors (Lipinski definition) is 5. The van der Waals surface area contributed by atoms with Crippen LogP contribution in [0.25, 0.3) is 0 Å². The van der Waals surface area contributed by atoms with Gasteiger partial charge < -0.3 is 10.6 Å². The molecule has 0 aliphatic heterocycles. The standard InChI is InChI=1S/C16H23N5/c1-12(2)8-9-17-15-11-19-21-16(20-15)18-10-14-6-4-13(3)5-7-14/h4-7,11-12H,8-10H2,1-3H3,(H2,17,18,20,21). The molecule has 0 saturated heterocycles. The third kappa shape index (κ3) is 5.38. The van der Waals surface area contributed by atoms with Crippen molar-refractivity contribution >= 4 is 11.8 Å². The zero-order valence-electron chi connectivity index (χ0n) is 12.9. The minimum atomic E-state index is 0.546. The molecule has 2 aromatic rings. The fraction of sp³-hybridized carbons (Fsp3) is 0.438.